The molecule has 0 atom stereocenters. The van der Waals surface area contributed by atoms with Gasteiger partial charge in [0.25, 0.3) is 0 Å². The molecule has 21 heavy (non-hydrogen) atoms. The van der Waals surface area contributed by atoms with Crippen molar-refractivity contribution in [3.05, 3.63) is 29.8 Å². The lowest BCUT2D eigenvalue weighted by atomic mass is 10.2. The standard InChI is InChI=1S/C16H22N2O2.ClH/c17-16(9-10-16)15(19)18-11-12-5-1-4-8-14(12)20-13-6-2-3-7-13;/h1,4-5,8,13H,2-3,6-7,9-11,17H2,(H,18,19);1H. The Balaban J connectivity index is 0.00000161. The van der Waals surface area contributed by atoms with Crippen LogP contribution in [0.5, 0.6) is 5.75 Å². The zero-order valence-electron chi connectivity index (χ0n) is 12.1. The van der Waals surface area contributed by atoms with Gasteiger partial charge in [-0.2, -0.15) is 0 Å². The molecule has 4 nitrogen and oxygen atoms in total. The molecule has 0 spiro atoms. The Kier molecular flexibility index (Phi) is 5.12. The second kappa shape index (κ2) is 6.67. The highest BCUT2D eigenvalue weighted by Gasteiger charge is 2.45. The normalized spacial score (nSPS) is 19.7. The van der Waals surface area contributed by atoms with Crippen molar-refractivity contribution in [3.63, 3.8) is 0 Å². The van der Waals surface area contributed by atoms with Crippen molar-refractivity contribution >= 4 is 18.3 Å². The van der Waals surface area contributed by atoms with Crippen LogP contribution in [0.4, 0.5) is 0 Å². The summed E-state index contributed by atoms with van der Waals surface area (Å²) in [7, 11) is 0. The van der Waals surface area contributed by atoms with Crippen molar-refractivity contribution in [2.24, 2.45) is 5.73 Å². The zero-order valence-corrected chi connectivity index (χ0v) is 13.0. The van der Waals surface area contributed by atoms with E-state index in [1.807, 2.05) is 24.3 Å². The van der Waals surface area contributed by atoms with E-state index in [9.17, 15) is 4.79 Å². The number of carbonyl (C=O) groups is 1. The van der Waals surface area contributed by atoms with E-state index in [1.54, 1.807) is 0 Å². The number of rotatable bonds is 5. The van der Waals surface area contributed by atoms with Gasteiger partial charge in [0.2, 0.25) is 5.91 Å². The average Bonchev–Trinajstić information content (AvgIpc) is 3.00. The minimum absolute atomic E-state index is 0. The monoisotopic (exact) mass is 310 g/mol. The third-order valence-electron chi connectivity index (χ3n) is 4.25. The van der Waals surface area contributed by atoms with Crippen LogP contribution in [0.1, 0.15) is 44.1 Å². The van der Waals surface area contributed by atoms with Gasteiger partial charge in [0.05, 0.1) is 11.6 Å². The van der Waals surface area contributed by atoms with Crippen LogP contribution in [0.3, 0.4) is 0 Å². The van der Waals surface area contributed by atoms with Crippen LogP contribution in [-0.2, 0) is 11.3 Å². The molecular weight excluding hydrogens is 288 g/mol. The molecule has 3 N–H and O–H groups in total. The molecule has 0 saturated heterocycles. The molecule has 0 radical (unpaired) electrons. The summed E-state index contributed by atoms with van der Waals surface area (Å²) in [5.41, 5.74) is 6.30. The maximum absolute atomic E-state index is 11.9. The summed E-state index contributed by atoms with van der Waals surface area (Å²) < 4.78 is 6.06. The second-order valence-electron chi connectivity index (χ2n) is 5.97. The number of nitrogens with two attached hydrogens (primary N) is 1. The number of amides is 1. The smallest absolute Gasteiger partial charge is 0.240 e. The predicted octanol–water partition coefficient (Wildman–Crippen LogP) is 2.54. The van der Waals surface area contributed by atoms with Gasteiger partial charge in [-0.05, 0) is 44.6 Å². The van der Waals surface area contributed by atoms with Gasteiger partial charge in [-0.1, -0.05) is 18.2 Å². The number of ether oxygens (including phenoxy) is 1. The number of nitrogens with one attached hydrogen (secondary N) is 1. The molecule has 1 aromatic rings. The quantitative estimate of drug-likeness (QED) is 0.878. The highest BCUT2D eigenvalue weighted by atomic mass is 35.5. The van der Waals surface area contributed by atoms with Crippen molar-refractivity contribution in [2.75, 3.05) is 0 Å². The van der Waals surface area contributed by atoms with Crippen LogP contribution in [0.15, 0.2) is 24.3 Å². The Morgan fingerprint density at radius 3 is 2.62 bits per heavy atom. The average molecular weight is 311 g/mol. The van der Waals surface area contributed by atoms with Gasteiger partial charge in [-0.15, -0.1) is 12.4 Å². The molecule has 3 rings (SSSR count). The van der Waals surface area contributed by atoms with Gasteiger partial charge in [-0.3, -0.25) is 4.79 Å². The second-order valence-corrected chi connectivity index (χ2v) is 5.97. The zero-order chi connectivity index (χ0) is 14.0. The molecule has 116 valence electrons. The minimum Gasteiger partial charge on any atom is -0.490 e. The highest BCUT2D eigenvalue weighted by molar-refractivity contribution is 5.88. The molecular formula is C16H23ClN2O2. The lowest BCUT2D eigenvalue weighted by Gasteiger charge is -2.17. The van der Waals surface area contributed by atoms with Crippen molar-refractivity contribution in [1.82, 2.24) is 5.32 Å². The van der Waals surface area contributed by atoms with E-state index < -0.39 is 5.54 Å². The molecule has 2 aliphatic carbocycles. The van der Waals surface area contributed by atoms with E-state index in [0.717, 1.165) is 37.0 Å². The Morgan fingerprint density at radius 1 is 1.29 bits per heavy atom. The molecule has 2 saturated carbocycles. The summed E-state index contributed by atoms with van der Waals surface area (Å²) in [4.78, 5) is 11.9. The third-order valence-corrected chi connectivity index (χ3v) is 4.25. The molecule has 2 aliphatic rings. The number of hydrogen-bond donors (Lipinski definition) is 2. The number of halogens is 1. The fraction of sp³-hybridized carbons (Fsp3) is 0.562. The Bertz CT molecular complexity index is 497. The van der Waals surface area contributed by atoms with Gasteiger partial charge in [0.15, 0.2) is 0 Å². The van der Waals surface area contributed by atoms with Crippen LogP contribution in [-0.4, -0.2) is 17.6 Å². The molecule has 5 heteroatoms. The van der Waals surface area contributed by atoms with E-state index in [4.69, 9.17) is 10.5 Å². The van der Waals surface area contributed by atoms with Gasteiger partial charge < -0.3 is 15.8 Å². The largest absolute Gasteiger partial charge is 0.490 e. The summed E-state index contributed by atoms with van der Waals surface area (Å²) in [6.07, 6.45) is 6.67. The number of benzene rings is 1. The molecule has 1 amide bonds. The Hall–Kier alpha value is -1.26. The summed E-state index contributed by atoms with van der Waals surface area (Å²) in [6.45, 7) is 0.487. The lowest BCUT2D eigenvalue weighted by Crippen LogP contribution is -2.42. The maximum atomic E-state index is 11.9. The van der Waals surface area contributed by atoms with E-state index in [2.05, 4.69) is 5.32 Å². The molecule has 0 aliphatic heterocycles. The van der Waals surface area contributed by atoms with Crippen molar-refractivity contribution in [3.8, 4) is 5.75 Å². The summed E-state index contributed by atoms with van der Waals surface area (Å²) >= 11 is 0. The van der Waals surface area contributed by atoms with Crippen LogP contribution < -0.4 is 15.8 Å². The molecule has 0 heterocycles. The van der Waals surface area contributed by atoms with Crippen molar-refractivity contribution in [2.45, 2.75) is 56.7 Å². The van der Waals surface area contributed by atoms with Gasteiger partial charge in [-0.25, -0.2) is 0 Å². The molecule has 0 unspecified atom stereocenters. The van der Waals surface area contributed by atoms with Crippen molar-refractivity contribution < 1.29 is 9.53 Å². The van der Waals surface area contributed by atoms with Gasteiger partial charge >= 0.3 is 0 Å². The summed E-state index contributed by atoms with van der Waals surface area (Å²) in [5, 5.41) is 2.92. The fourth-order valence-corrected chi connectivity index (χ4v) is 2.66. The first-order valence-electron chi connectivity index (χ1n) is 7.49. The van der Waals surface area contributed by atoms with E-state index in [0.29, 0.717) is 12.6 Å². The van der Waals surface area contributed by atoms with Gasteiger partial charge in [0, 0.05) is 12.1 Å². The SMILES string of the molecule is Cl.NC1(C(=O)NCc2ccccc2OC2CCCC2)CC1. The first-order valence-corrected chi connectivity index (χ1v) is 7.49. The van der Waals surface area contributed by atoms with Crippen LogP contribution in [0, 0.1) is 0 Å². The third kappa shape index (κ3) is 3.89. The first kappa shape index (κ1) is 16.1. The van der Waals surface area contributed by atoms with E-state index in [1.165, 1.54) is 12.8 Å². The topological polar surface area (TPSA) is 64.4 Å². The lowest BCUT2D eigenvalue weighted by molar-refractivity contribution is -0.123. The van der Waals surface area contributed by atoms with Gasteiger partial charge in [0.1, 0.15) is 5.75 Å². The number of hydrogen-bond acceptors (Lipinski definition) is 3. The van der Waals surface area contributed by atoms with E-state index in [-0.39, 0.29) is 18.3 Å². The van der Waals surface area contributed by atoms with Crippen LogP contribution in [0.25, 0.3) is 0 Å². The van der Waals surface area contributed by atoms with Crippen LogP contribution in [0.2, 0.25) is 0 Å². The fourth-order valence-electron chi connectivity index (χ4n) is 2.66. The Morgan fingerprint density at radius 2 is 1.95 bits per heavy atom. The molecule has 1 aromatic carbocycles. The van der Waals surface area contributed by atoms with E-state index >= 15 is 0 Å². The summed E-state index contributed by atoms with van der Waals surface area (Å²) in [6, 6.07) is 7.93. The summed E-state index contributed by atoms with van der Waals surface area (Å²) in [5.74, 6) is 0.842. The Labute approximate surface area is 131 Å². The number of carbonyl (C=O) groups excluding carboxylic acids is 1. The molecule has 2 fully saturated rings. The van der Waals surface area contributed by atoms with Crippen molar-refractivity contribution in [1.29, 1.82) is 0 Å². The molecule has 0 aromatic heterocycles. The minimum atomic E-state index is -0.610. The maximum Gasteiger partial charge on any atom is 0.240 e. The highest BCUT2D eigenvalue weighted by Crippen LogP contribution is 2.32. The molecule has 0 bridgehead atoms. The first-order chi connectivity index (χ1) is 9.67. The van der Waals surface area contributed by atoms with Crippen LogP contribution >= 0.6 is 12.4 Å². The number of para-hydroxylation sites is 1. The predicted molar refractivity (Wildman–Crippen MR) is 84.6 cm³/mol.